The number of rotatable bonds is 5. The lowest BCUT2D eigenvalue weighted by atomic mass is 10.1. The molecule has 23 heavy (non-hydrogen) atoms. The first-order chi connectivity index (χ1) is 11.1. The molecule has 1 saturated heterocycles. The molecule has 1 aliphatic rings. The van der Waals surface area contributed by atoms with E-state index in [1.807, 2.05) is 12.1 Å². The van der Waals surface area contributed by atoms with Crippen molar-refractivity contribution in [1.29, 1.82) is 0 Å². The zero-order valence-electron chi connectivity index (χ0n) is 13.4. The van der Waals surface area contributed by atoms with Gasteiger partial charge in [0.05, 0.1) is 0 Å². The molecule has 0 radical (unpaired) electrons. The molecule has 4 heteroatoms. The van der Waals surface area contributed by atoms with E-state index < -0.39 is 0 Å². The zero-order valence-corrected chi connectivity index (χ0v) is 13.4. The number of primary amides is 1. The van der Waals surface area contributed by atoms with Gasteiger partial charge in [-0.15, -0.1) is 0 Å². The largest absolute Gasteiger partial charge is 0.381 e. The van der Waals surface area contributed by atoms with Crippen LogP contribution in [0.4, 0.5) is 5.69 Å². The van der Waals surface area contributed by atoms with E-state index in [0.29, 0.717) is 17.6 Å². The fourth-order valence-electron chi connectivity index (χ4n) is 3.21. The number of carbonyl (C=O) groups excluding carboxylic acids is 1. The first kappa shape index (κ1) is 15.6. The summed E-state index contributed by atoms with van der Waals surface area (Å²) in [5, 5.41) is 3.56. The predicted octanol–water partition coefficient (Wildman–Crippen LogP) is 2.86. The molecule has 0 unspecified atom stereocenters. The van der Waals surface area contributed by atoms with Crippen molar-refractivity contribution in [3.63, 3.8) is 0 Å². The van der Waals surface area contributed by atoms with E-state index in [1.165, 1.54) is 5.56 Å². The third kappa shape index (κ3) is 3.90. The molecule has 1 aliphatic heterocycles. The number of likely N-dealkylation sites (tertiary alicyclic amines) is 1. The van der Waals surface area contributed by atoms with Crippen molar-refractivity contribution in [3.05, 3.63) is 65.7 Å². The van der Waals surface area contributed by atoms with E-state index in [0.717, 1.165) is 25.2 Å². The normalized spacial score (nSPS) is 21.3. The molecule has 2 atom stereocenters. The third-order valence-corrected chi connectivity index (χ3v) is 4.47. The molecule has 0 aliphatic carbocycles. The first-order valence-corrected chi connectivity index (χ1v) is 8.06. The Morgan fingerprint density at radius 2 is 1.87 bits per heavy atom. The molecule has 1 fully saturated rings. The zero-order chi connectivity index (χ0) is 16.2. The third-order valence-electron chi connectivity index (χ3n) is 4.47. The van der Waals surface area contributed by atoms with Gasteiger partial charge in [0.1, 0.15) is 0 Å². The summed E-state index contributed by atoms with van der Waals surface area (Å²) in [5.74, 6) is -0.389. The highest BCUT2D eigenvalue weighted by Gasteiger charge is 2.28. The van der Waals surface area contributed by atoms with Crippen LogP contribution in [0.25, 0.3) is 0 Å². The van der Waals surface area contributed by atoms with Crippen LogP contribution in [0.3, 0.4) is 0 Å². The minimum atomic E-state index is -0.389. The standard InChI is InChI=1S/C19H23N3O/c1-14-11-18(13-22(14)12-15-5-3-2-4-6-15)21-17-9-7-16(8-10-17)19(20)23/h2-10,14,18,21H,11-13H2,1H3,(H2,20,23)/t14-,18-/m0/s1. The number of nitrogens with one attached hydrogen (secondary N) is 1. The molecular weight excluding hydrogens is 286 g/mol. The molecule has 0 aromatic heterocycles. The van der Waals surface area contributed by atoms with Gasteiger partial charge in [-0.25, -0.2) is 0 Å². The SMILES string of the molecule is C[C@H]1C[C@H](Nc2ccc(C(N)=O)cc2)CN1Cc1ccccc1. The Morgan fingerprint density at radius 3 is 2.52 bits per heavy atom. The molecule has 0 spiro atoms. The number of hydrogen-bond acceptors (Lipinski definition) is 3. The van der Waals surface area contributed by atoms with Crippen LogP contribution in [-0.4, -0.2) is 29.4 Å². The summed E-state index contributed by atoms with van der Waals surface area (Å²) in [7, 11) is 0. The maximum atomic E-state index is 11.1. The van der Waals surface area contributed by atoms with Crippen molar-refractivity contribution in [3.8, 4) is 0 Å². The second-order valence-electron chi connectivity index (χ2n) is 6.28. The van der Waals surface area contributed by atoms with Crippen LogP contribution < -0.4 is 11.1 Å². The molecule has 0 saturated carbocycles. The highest BCUT2D eigenvalue weighted by atomic mass is 16.1. The number of nitrogens with zero attached hydrogens (tertiary/aromatic N) is 1. The van der Waals surface area contributed by atoms with Gasteiger partial charge >= 0.3 is 0 Å². The van der Waals surface area contributed by atoms with Crippen LogP contribution in [0.5, 0.6) is 0 Å². The van der Waals surface area contributed by atoms with Gasteiger partial charge < -0.3 is 11.1 Å². The molecule has 0 bridgehead atoms. The van der Waals surface area contributed by atoms with E-state index in [2.05, 4.69) is 47.5 Å². The van der Waals surface area contributed by atoms with Crippen LogP contribution in [0.2, 0.25) is 0 Å². The minimum Gasteiger partial charge on any atom is -0.381 e. The van der Waals surface area contributed by atoms with Crippen molar-refractivity contribution in [2.45, 2.75) is 32.0 Å². The van der Waals surface area contributed by atoms with Gasteiger partial charge in [-0.2, -0.15) is 0 Å². The average molecular weight is 309 g/mol. The molecule has 4 nitrogen and oxygen atoms in total. The molecule has 120 valence electrons. The lowest BCUT2D eigenvalue weighted by molar-refractivity contribution is 0.100. The quantitative estimate of drug-likeness (QED) is 0.893. The summed E-state index contributed by atoms with van der Waals surface area (Å²) in [6, 6.07) is 18.9. The van der Waals surface area contributed by atoms with E-state index in [4.69, 9.17) is 5.73 Å². The molecule has 3 N–H and O–H groups in total. The Kier molecular flexibility index (Phi) is 4.63. The number of carbonyl (C=O) groups is 1. The predicted molar refractivity (Wildman–Crippen MR) is 93.3 cm³/mol. The van der Waals surface area contributed by atoms with Gasteiger partial charge in [-0.3, -0.25) is 9.69 Å². The monoisotopic (exact) mass is 309 g/mol. The highest BCUT2D eigenvalue weighted by molar-refractivity contribution is 5.93. The fourth-order valence-corrected chi connectivity index (χ4v) is 3.21. The van der Waals surface area contributed by atoms with Crippen LogP contribution in [0, 0.1) is 0 Å². The van der Waals surface area contributed by atoms with Crippen molar-refractivity contribution in [1.82, 2.24) is 4.90 Å². The molecule has 1 heterocycles. The molecule has 3 rings (SSSR count). The maximum absolute atomic E-state index is 11.1. The van der Waals surface area contributed by atoms with E-state index in [9.17, 15) is 4.79 Å². The van der Waals surface area contributed by atoms with E-state index >= 15 is 0 Å². The first-order valence-electron chi connectivity index (χ1n) is 8.06. The Labute approximate surface area is 137 Å². The van der Waals surface area contributed by atoms with Gasteiger partial charge in [0.25, 0.3) is 0 Å². The van der Waals surface area contributed by atoms with Crippen LogP contribution in [0.1, 0.15) is 29.3 Å². The Balaban J connectivity index is 1.59. The summed E-state index contributed by atoms with van der Waals surface area (Å²) in [5.41, 5.74) is 8.20. The molecular formula is C19H23N3O. The van der Waals surface area contributed by atoms with Crippen molar-refractivity contribution < 1.29 is 4.79 Å². The Morgan fingerprint density at radius 1 is 1.17 bits per heavy atom. The lowest BCUT2D eigenvalue weighted by Crippen LogP contribution is -2.28. The number of amides is 1. The van der Waals surface area contributed by atoms with Gasteiger partial charge in [0.2, 0.25) is 5.91 Å². The highest BCUT2D eigenvalue weighted by Crippen LogP contribution is 2.23. The summed E-state index contributed by atoms with van der Waals surface area (Å²) in [4.78, 5) is 13.6. The number of hydrogen-bond donors (Lipinski definition) is 2. The number of anilines is 1. The fraction of sp³-hybridized carbons (Fsp3) is 0.316. The minimum absolute atomic E-state index is 0.389. The Hall–Kier alpha value is -2.33. The summed E-state index contributed by atoms with van der Waals surface area (Å²) in [6.45, 7) is 4.29. The van der Waals surface area contributed by atoms with Crippen molar-refractivity contribution in [2.75, 3.05) is 11.9 Å². The van der Waals surface area contributed by atoms with Gasteiger partial charge in [0.15, 0.2) is 0 Å². The van der Waals surface area contributed by atoms with Gasteiger partial charge in [-0.05, 0) is 43.2 Å². The summed E-state index contributed by atoms with van der Waals surface area (Å²) in [6.07, 6.45) is 1.12. The topological polar surface area (TPSA) is 58.4 Å². The van der Waals surface area contributed by atoms with E-state index in [-0.39, 0.29) is 5.91 Å². The van der Waals surface area contributed by atoms with Gasteiger partial charge in [-0.1, -0.05) is 30.3 Å². The smallest absolute Gasteiger partial charge is 0.248 e. The second kappa shape index (κ2) is 6.84. The average Bonchev–Trinajstić information content (AvgIpc) is 2.88. The maximum Gasteiger partial charge on any atom is 0.248 e. The van der Waals surface area contributed by atoms with Gasteiger partial charge in [0, 0.05) is 36.4 Å². The molecule has 2 aromatic carbocycles. The van der Waals surface area contributed by atoms with Crippen LogP contribution in [-0.2, 0) is 6.54 Å². The Bertz CT molecular complexity index is 654. The number of benzene rings is 2. The van der Waals surface area contributed by atoms with Crippen LogP contribution in [0.15, 0.2) is 54.6 Å². The van der Waals surface area contributed by atoms with Crippen molar-refractivity contribution >= 4 is 11.6 Å². The number of nitrogens with two attached hydrogens (primary N) is 1. The van der Waals surface area contributed by atoms with E-state index in [1.54, 1.807) is 12.1 Å². The van der Waals surface area contributed by atoms with Crippen molar-refractivity contribution in [2.24, 2.45) is 5.73 Å². The van der Waals surface area contributed by atoms with Crippen LogP contribution >= 0.6 is 0 Å². The molecule has 2 aromatic rings. The second-order valence-corrected chi connectivity index (χ2v) is 6.28. The summed E-state index contributed by atoms with van der Waals surface area (Å²) < 4.78 is 0. The summed E-state index contributed by atoms with van der Waals surface area (Å²) >= 11 is 0. The lowest BCUT2D eigenvalue weighted by Gasteiger charge is -2.21. The molecule has 1 amide bonds.